The molecule has 0 aromatic heterocycles. The Bertz CT molecular complexity index is 394. The van der Waals surface area contributed by atoms with E-state index in [1.54, 1.807) is 0 Å². The molecule has 1 nitrogen and oxygen atoms in total. The van der Waals surface area contributed by atoms with Crippen molar-refractivity contribution in [2.24, 2.45) is 0 Å². The number of rotatable bonds is 4. The fraction of sp³-hybridized carbons (Fsp3) is 0.467. The lowest BCUT2D eigenvalue weighted by Gasteiger charge is -2.17. The Kier molecular flexibility index (Phi) is 5.41. The Hall–Kier alpha value is -0.600. The molecule has 0 radical (unpaired) electrons. The molecule has 1 rings (SSSR count). The third-order valence-corrected chi connectivity index (χ3v) is 3.99. The van der Waals surface area contributed by atoms with Crippen LogP contribution in [0.4, 0.5) is 0 Å². The van der Waals surface area contributed by atoms with Crippen molar-refractivity contribution in [1.29, 1.82) is 0 Å². The summed E-state index contributed by atoms with van der Waals surface area (Å²) in [6.45, 7) is 11.7. The number of aryl methyl sites for hydroxylation is 2. The van der Waals surface area contributed by atoms with E-state index in [4.69, 9.17) is 0 Å². The van der Waals surface area contributed by atoms with Gasteiger partial charge in [-0.1, -0.05) is 46.6 Å². The molecule has 94 valence electrons. The van der Waals surface area contributed by atoms with Gasteiger partial charge in [0.2, 0.25) is 0 Å². The molecule has 0 spiro atoms. The van der Waals surface area contributed by atoms with Gasteiger partial charge in [-0.3, -0.25) is 0 Å². The second kappa shape index (κ2) is 6.36. The summed E-state index contributed by atoms with van der Waals surface area (Å²) in [5, 5.41) is 3.51. The Labute approximate surface area is 113 Å². The molecule has 1 unspecified atom stereocenters. The van der Waals surface area contributed by atoms with Crippen molar-refractivity contribution in [2.75, 3.05) is 6.54 Å². The maximum atomic E-state index is 3.62. The number of benzene rings is 1. The molecule has 0 fully saturated rings. The number of allylic oxidation sites excluding steroid dienone is 1. The van der Waals surface area contributed by atoms with E-state index in [0.29, 0.717) is 6.04 Å². The summed E-state index contributed by atoms with van der Waals surface area (Å²) >= 11 is 3.62. The summed E-state index contributed by atoms with van der Waals surface area (Å²) in [6.07, 6.45) is 2.28. The number of likely N-dealkylation sites (N-methyl/N-ethyl adjacent to an activating group) is 1. The van der Waals surface area contributed by atoms with E-state index in [1.165, 1.54) is 26.7 Å². The lowest BCUT2D eigenvalue weighted by Crippen LogP contribution is -2.19. The lowest BCUT2D eigenvalue weighted by atomic mass is 10.00. The Morgan fingerprint density at radius 2 is 1.82 bits per heavy atom. The van der Waals surface area contributed by atoms with E-state index in [0.717, 1.165) is 6.54 Å². The summed E-state index contributed by atoms with van der Waals surface area (Å²) < 4.78 is 1.22. The third kappa shape index (κ3) is 3.97. The molecule has 0 bridgehead atoms. The van der Waals surface area contributed by atoms with Crippen molar-refractivity contribution in [2.45, 2.75) is 40.7 Å². The second-order valence-corrected chi connectivity index (χ2v) is 5.54. The molecular weight excluding hydrogens is 274 g/mol. The molecule has 0 heterocycles. The number of halogens is 1. The highest BCUT2D eigenvalue weighted by Crippen LogP contribution is 2.26. The Morgan fingerprint density at radius 1 is 1.29 bits per heavy atom. The van der Waals surface area contributed by atoms with Gasteiger partial charge in [0, 0.05) is 4.47 Å². The van der Waals surface area contributed by atoms with Gasteiger partial charge >= 0.3 is 0 Å². The average Bonchev–Trinajstić information content (AvgIpc) is 2.24. The molecule has 17 heavy (non-hydrogen) atoms. The van der Waals surface area contributed by atoms with Crippen LogP contribution in [0.5, 0.6) is 0 Å². The largest absolute Gasteiger partial charge is 0.307 e. The van der Waals surface area contributed by atoms with Crippen LogP contribution >= 0.6 is 15.9 Å². The molecular formula is C15H22BrN. The van der Waals surface area contributed by atoms with E-state index >= 15 is 0 Å². The van der Waals surface area contributed by atoms with Crippen LogP contribution in [-0.2, 0) is 0 Å². The SMILES string of the molecule is CCNC(C=C(C)C)c1cc(C)c(Br)c(C)c1. The minimum absolute atomic E-state index is 0.315. The van der Waals surface area contributed by atoms with Crippen molar-refractivity contribution >= 4 is 15.9 Å². The monoisotopic (exact) mass is 295 g/mol. The van der Waals surface area contributed by atoms with Crippen molar-refractivity contribution in [3.8, 4) is 0 Å². The summed E-state index contributed by atoms with van der Waals surface area (Å²) in [7, 11) is 0. The van der Waals surface area contributed by atoms with Gasteiger partial charge in [0.05, 0.1) is 6.04 Å². The van der Waals surface area contributed by atoms with Gasteiger partial charge < -0.3 is 5.32 Å². The van der Waals surface area contributed by atoms with Gasteiger partial charge in [-0.05, 0) is 50.9 Å². The van der Waals surface area contributed by atoms with Gasteiger partial charge in [0.25, 0.3) is 0 Å². The molecule has 1 aromatic carbocycles. The molecule has 0 aliphatic rings. The summed E-state index contributed by atoms with van der Waals surface area (Å²) in [6, 6.07) is 4.82. The van der Waals surface area contributed by atoms with Crippen LogP contribution in [0.2, 0.25) is 0 Å². The highest BCUT2D eigenvalue weighted by molar-refractivity contribution is 9.10. The van der Waals surface area contributed by atoms with Crippen LogP contribution in [0.25, 0.3) is 0 Å². The normalized spacial score (nSPS) is 12.4. The van der Waals surface area contributed by atoms with Gasteiger partial charge in [-0.2, -0.15) is 0 Å². The Morgan fingerprint density at radius 3 is 2.24 bits per heavy atom. The van der Waals surface area contributed by atoms with Gasteiger partial charge in [-0.15, -0.1) is 0 Å². The number of hydrogen-bond donors (Lipinski definition) is 1. The van der Waals surface area contributed by atoms with Crippen molar-refractivity contribution in [3.63, 3.8) is 0 Å². The highest BCUT2D eigenvalue weighted by atomic mass is 79.9. The molecule has 1 atom stereocenters. The maximum Gasteiger partial charge on any atom is 0.0508 e. The van der Waals surface area contributed by atoms with E-state index in [1.807, 2.05) is 0 Å². The Balaban J connectivity index is 3.15. The molecule has 0 amide bonds. The standard InChI is InChI=1S/C15H22BrN/c1-6-17-14(7-10(2)3)13-8-11(4)15(16)12(5)9-13/h7-9,14,17H,6H2,1-5H3. The van der Waals surface area contributed by atoms with Crippen LogP contribution in [0.15, 0.2) is 28.3 Å². The first-order valence-corrected chi connectivity index (χ1v) is 6.90. The first-order valence-electron chi connectivity index (χ1n) is 6.10. The molecule has 0 saturated carbocycles. The predicted octanol–water partition coefficient (Wildman–Crippen LogP) is 4.68. The van der Waals surface area contributed by atoms with E-state index < -0.39 is 0 Å². The first-order chi connectivity index (χ1) is 7.95. The third-order valence-electron chi connectivity index (χ3n) is 2.74. The zero-order chi connectivity index (χ0) is 13.0. The maximum absolute atomic E-state index is 3.62. The van der Waals surface area contributed by atoms with Gasteiger partial charge in [0.15, 0.2) is 0 Å². The van der Waals surface area contributed by atoms with Crippen LogP contribution in [0.3, 0.4) is 0 Å². The van der Waals surface area contributed by atoms with Crippen molar-refractivity contribution in [3.05, 3.63) is 44.9 Å². The van der Waals surface area contributed by atoms with Crippen molar-refractivity contribution < 1.29 is 0 Å². The van der Waals surface area contributed by atoms with E-state index in [9.17, 15) is 0 Å². The molecule has 1 N–H and O–H groups in total. The fourth-order valence-corrected chi connectivity index (χ4v) is 2.21. The van der Waals surface area contributed by atoms with E-state index in [2.05, 4.69) is 74.1 Å². The summed E-state index contributed by atoms with van der Waals surface area (Å²) in [5.74, 6) is 0. The summed E-state index contributed by atoms with van der Waals surface area (Å²) in [4.78, 5) is 0. The zero-order valence-corrected chi connectivity index (χ0v) is 13.0. The first kappa shape index (κ1) is 14.5. The fourth-order valence-electron chi connectivity index (χ4n) is 1.99. The van der Waals surface area contributed by atoms with Gasteiger partial charge in [0.1, 0.15) is 0 Å². The van der Waals surface area contributed by atoms with Crippen LogP contribution in [0.1, 0.15) is 43.5 Å². The minimum Gasteiger partial charge on any atom is -0.307 e. The topological polar surface area (TPSA) is 12.0 Å². The van der Waals surface area contributed by atoms with Crippen LogP contribution in [-0.4, -0.2) is 6.54 Å². The zero-order valence-electron chi connectivity index (χ0n) is 11.4. The molecule has 1 aromatic rings. The second-order valence-electron chi connectivity index (χ2n) is 4.75. The number of hydrogen-bond acceptors (Lipinski definition) is 1. The van der Waals surface area contributed by atoms with Crippen LogP contribution < -0.4 is 5.32 Å². The van der Waals surface area contributed by atoms with Crippen LogP contribution in [0, 0.1) is 13.8 Å². The quantitative estimate of drug-likeness (QED) is 0.795. The lowest BCUT2D eigenvalue weighted by molar-refractivity contribution is 0.644. The number of nitrogens with one attached hydrogen (secondary N) is 1. The van der Waals surface area contributed by atoms with E-state index in [-0.39, 0.29) is 0 Å². The minimum atomic E-state index is 0.315. The van der Waals surface area contributed by atoms with Crippen molar-refractivity contribution in [1.82, 2.24) is 5.32 Å². The smallest absolute Gasteiger partial charge is 0.0508 e. The molecule has 0 aliphatic carbocycles. The highest BCUT2D eigenvalue weighted by Gasteiger charge is 2.10. The summed E-state index contributed by atoms with van der Waals surface area (Å²) in [5.41, 5.74) is 5.27. The average molecular weight is 296 g/mol. The predicted molar refractivity (Wildman–Crippen MR) is 79.5 cm³/mol. The molecule has 2 heteroatoms. The molecule has 0 saturated heterocycles. The molecule has 0 aliphatic heterocycles. The van der Waals surface area contributed by atoms with Gasteiger partial charge in [-0.25, -0.2) is 0 Å².